The summed E-state index contributed by atoms with van der Waals surface area (Å²) in [5.74, 6) is -0.0166. The molecule has 0 aliphatic carbocycles. The van der Waals surface area contributed by atoms with Gasteiger partial charge in [-0.1, -0.05) is 18.2 Å². The number of fused-ring (bicyclic) bond motifs is 1. The van der Waals surface area contributed by atoms with Gasteiger partial charge in [0, 0.05) is 35.3 Å². The number of para-hydroxylation sites is 1. The molecular formula is C21H22N2O3. The van der Waals surface area contributed by atoms with Gasteiger partial charge in [0.1, 0.15) is 5.58 Å². The lowest BCUT2D eigenvalue weighted by Gasteiger charge is -2.18. The van der Waals surface area contributed by atoms with Crippen LogP contribution < -0.4 is 5.32 Å². The summed E-state index contributed by atoms with van der Waals surface area (Å²) in [6, 6.07) is 14.5. The van der Waals surface area contributed by atoms with E-state index in [1.807, 2.05) is 45.0 Å². The van der Waals surface area contributed by atoms with E-state index in [1.54, 1.807) is 29.2 Å². The molecule has 134 valence electrons. The number of hydrogen-bond donors (Lipinski definition) is 1. The lowest BCUT2D eigenvalue weighted by atomic mass is 10.1. The number of amides is 2. The first-order chi connectivity index (χ1) is 12.5. The number of benzene rings is 2. The summed E-state index contributed by atoms with van der Waals surface area (Å²) in [6.45, 7) is 7.10. The van der Waals surface area contributed by atoms with Crippen molar-refractivity contribution in [3.63, 3.8) is 0 Å². The second kappa shape index (κ2) is 7.44. The topological polar surface area (TPSA) is 62.6 Å². The molecule has 0 radical (unpaired) electrons. The van der Waals surface area contributed by atoms with E-state index in [9.17, 15) is 9.59 Å². The summed E-state index contributed by atoms with van der Waals surface area (Å²) in [7, 11) is 0. The average Bonchev–Trinajstić information content (AvgIpc) is 3.00. The van der Waals surface area contributed by atoms with Gasteiger partial charge in [-0.2, -0.15) is 0 Å². The minimum absolute atomic E-state index is 0.0130. The molecule has 0 saturated carbocycles. The van der Waals surface area contributed by atoms with Crippen LogP contribution in [0.15, 0.2) is 52.9 Å². The molecule has 2 amide bonds. The molecule has 0 fully saturated rings. The average molecular weight is 350 g/mol. The highest BCUT2D eigenvalue weighted by Crippen LogP contribution is 2.25. The summed E-state index contributed by atoms with van der Waals surface area (Å²) < 4.78 is 5.68. The largest absolute Gasteiger partial charge is 0.451 e. The monoisotopic (exact) mass is 350 g/mol. The smallest absolute Gasteiger partial charge is 0.291 e. The van der Waals surface area contributed by atoms with Crippen LogP contribution >= 0.6 is 0 Å². The lowest BCUT2D eigenvalue weighted by Crippen LogP contribution is -2.30. The van der Waals surface area contributed by atoms with Crippen molar-refractivity contribution in [2.75, 3.05) is 18.4 Å². The highest BCUT2D eigenvalue weighted by atomic mass is 16.3. The van der Waals surface area contributed by atoms with Gasteiger partial charge in [0.25, 0.3) is 11.8 Å². The first kappa shape index (κ1) is 17.7. The quantitative estimate of drug-likeness (QED) is 0.738. The van der Waals surface area contributed by atoms with E-state index in [1.165, 1.54) is 0 Å². The van der Waals surface area contributed by atoms with Crippen molar-refractivity contribution in [3.05, 3.63) is 65.4 Å². The minimum Gasteiger partial charge on any atom is -0.451 e. The van der Waals surface area contributed by atoms with Crippen LogP contribution in [0.3, 0.4) is 0 Å². The van der Waals surface area contributed by atoms with E-state index >= 15 is 0 Å². The maximum atomic E-state index is 12.5. The second-order valence-corrected chi connectivity index (χ2v) is 6.06. The highest BCUT2D eigenvalue weighted by molar-refractivity contribution is 6.06. The summed E-state index contributed by atoms with van der Waals surface area (Å²) in [5.41, 5.74) is 2.72. The SMILES string of the molecule is CCN(CC)C(=O)c1ccc(NC(=O)c2oc3ccccc3c2C)cc1. The minimum atomic E-state index is -0.304. The number of anilines is 1. The fraction of sp³-hybridized carbons (Fsp3) is 0.238. The van der Waals surface area contributed by atoms with Crippen LogP contribution in [-0.4, -0.2) is 29.8 Å². The number of nitrogens with one attached hydrogen (secondary N) is 1. The predicted octanol–water partition coefficient (Wildman–Crippen LogP) is 4.48. The standard InChI is InChI=1S/C21H22N2O3/c1-4-23(5-2)21(25)15-10-12-16(13-11-15)22-20(24)19-14(3)17-8-6-7-9-18(17)26-19/h6-13H,4-5H2,1-3H3,(H,22,24). The molecule has 1 heterocycles. The summed E-state index contributed by atoms with van der Waals surface area (Å²) in [4.78, 5) is 26.6. The van der Waals surface area contributed by atoms with Crippen LogP contribution in [0.2, 0.25) is 0 Å². The molecule has 0 aliphatic heterocycles. The van der Waals surface area contributed by atoms with Gasteiger partial charge >= 0.3 is 0 Å². The molecule has 0 bridgehead atoms. The van der Waals surface area contributed by atoms with Crippen molar-refractivity contribution < 1.29 is 14.0 Å². The van der Waals surface area contributed by atoms with Crippen molar-refractivity contribution in [2.45, 2.75) is 20.8 Å². The molecule has 0 spiro atoms. The number of carbonyl (C=O) groups is 2. The van der Waals surface area contributed by atoms with Crippen LogP contribution in [0.4, 0.5) is 5.69 Å². The molecule has 0 unspecified atom stereocenters. The molecule has 0 saturated heterocycles. The van der Waals surface area contributed by atoms with Gasteiger partial charge in [0.05, 0.1) is 0 Å². The van der Waals surface area contributed by atoms with Crippen molar-refractivity contribution in [1.29, 1.82) is 0 Å². The zero-order valence-corrected chi connectivity index (χ0v) is 15.2. The Labute approximate surface area is 152 Å². The second-order valence-electron chi connectivity index (χ2n) is 6.06. The Morgan fingerprint density at radius 2 is 1.65 bits per heavy atom. The zero-order valence-electron chi connectivity index (χ0n) is 15.2. The first-order valence-corrected chi connectivity index (χ1v) is 8.74. The summed E-state index contributed by atoms with van der Waals surface area (Å²) >= 11 is 0. The molecule has 26 heavy (non-hydrogen) atoms. The molecule has 3 rings (SSSR count). The number of rotatable bonds is 5. The fourth-order valence-electron chi connectivity index (χ4n) is 2.97. The Morgan fingerprint density at radius 1 is 1.00 bits per heavy atom. The zero-order chi connectivity index (χ0) is 18.7. The van der Waals surface area contributed by atoms with Gasteiger partial charge in [-0.3, -0.25) is 9.59 Å². The summed E-state index contributed by atoms with van der Waals surface area (Å²) in [5, 5.41) is 3.75. The molecule has 0 atom stereocenters. The molecule has 3 aromatic rings. The number of furan rings is 1. The third kappa shape index (κ3) is 3.33. The van der Waals surface area contributed by atoms with Crippen molar-refractivity contribution in [1.82, 2.24) is 4.90 Å². The van der Waals surface area contributed by atoms with E-state index in [2.05, 4.69) is 5.32 Å². The molecule has 1 N–H and O–H groups in total. The Balaban J connectivity index is 1.77. The Hall–Kier alpha value is -3.08. The van der Waals surface area contributed by atoms with Crippen LogP contribution in [-0.2, 0) is 0 Å². The highest BCUT2D eigenvalue weighted by Gasteiger charge is 2.18. The van der Waals surface area contributed by atoms with Gasteiger partial charge < -0.3 is 14.6 Å². The molecule has 5 nitrogen and oxygen atoms in total. The van der Waals surface area contributed by atoms with Gasteiger partial charge in [0.2, 0.25) is 0 Å². The maximum absolute atomic E-state index is 12.5. The normalized spacial score (nSPS) is 10.7. The van der Waals surface area contributed by atoms with Crippen LogP contribution in [0.1, 0.15) is 40.3 Å². The molecule has 5 heteroatoms. The number of carbonyl (C=O) groups excluding carboxylic acids is 2. The van der Waals surface area contributed by atoms with Gasteiger partial charge in [0.15, 0.2) is 5.76 Å². The summed E-state index contributed by atoms with van der Waals surface area (Å²) in [6.07, 6.45) is 0. The Kier molecular flexibility index (Phi) is 5.07. The van der Waals surface area contributed by atoms with Crippen molar-refractivity contribution >= 4 is 28.5 Å². The molecular weight excluding hydrogens is 328 g/mol. The van der Waals surface area contributed by atoms with Gasteiger partial charge in [-0.05, 0) is 51.1 Å². The Bertz CT molecular complexity index is 938. The third-order valence-electron chi connectivity index (χ3n) is 4.49. The molecule has 1 aromatic heterocycles. The van der Waals surface area contributed by atoms with E-state index in [-0.39, 0.29) is 11.8 Å². The number of nitrogens with zero attached hydrogens (tertiary/aromatic N) is 1. The maximum Gasteiger partial charge on any atom is 0.291 e. The van der Waals surface area contributed by atoms with Crippen molar-refractivity contribution in [2.24, 2.45) is 0 Å². The predicted molar refractivity (Wildman–Crippen MR) is 103 cm³/mol. The van der Waals surface area contributed by atoms with E-state index < -0.39 is 0 Å². The van der Waals surface area contributed by atoms with Gasteiger partial charge in [-0.15, -0.1) is 0 Å². The van der Waals surface area contributed by atoms with E-state index in [0.717, 1.165) is 10.9 Å². The number of hydrogen-bond acceptors (Lipinski definition) is 3. The fourth-order valence-corrected chi connectivity index (χ4v) is 2.97. The van der Waals surface area contributed by atoms with E-state index in [4.69, 9.17) is 4.42 Å². The molecule has 0 aliphatic rings. The van der Waals surface area contributed by atoms with Crippen LogP contribution in [0.5, 0.6) is 0 Å². The Morgan fingerprint density at radius 3 is 2.27 bits per heavy atom. The van der Waals surface area contributed by atoms with E-state index in [0.29, 0.717) is 35.7 Å². The van der Waals surface area contributed by atoms with Gasteiger partial charge in [-0.25, -0.2) is 0 Å². The third-order valence-corrected chi connectivity index (χ3v) is 4.49. The number of aryl methyl sites for hydroxylation is 1. The van der Waals surface area contributed by atoms with Crippen LogP contribution in [0.25, 0.3) is 11.0 Å². The molecule has 2 aromatic carbocycles. The van der Waals surface area contributed by atoms with Crippen molar-refractivity contribution in [3.8, 4) is 0 Å². The first-order valence-electron chi connectivity index (χ1n) is 8.74. The van der Waals surface area contributed by atoms with Crippen LogP contribution in [0, 0.1) is 6.92 Å². The lowest BCUT2D eigenvalue weighted by molar-refractivity contribution is 0.0773.